The molecule has 1 heterocycles. The Balaban J connectivity index is 2.54. The second-order valence-corrected chi connectivity index (χ2v) is 2.31. The molecule has 1 aromatic rings. The smallest absolute Gasteiger partial charge is 0.197 e. The number of para-hydroxylation sites is 1. The van der Waals surface area contributed by atoms with Crippen LogP contribution in [0, 0.1) is 5.82 Å². The molecule has 11 heavy (non-hydrogen) atoms. The Morgan fingerprint density at radius 1 is 1.45 bits per heavy atom. The maximum Gasteiger partial charge on any atom is 0.197 e. The topological polar surface area (TPSA) is 21.6 Å². The lowest BCUT2D eigenvalue weighted by Crippen LogP contribution is -2.01. The molecule has 0 atom stereocenters. The predicted octanol–water partition coefficient (Wildman–Crippen LogP) is 1.75. The van der Waals surface area contributed by atoms with Crippen LogP contribution in [-0.4, -0.2) is 6.21 Å². The summed E-state index contributed by atoms with van der Waals surface area (Å²) in [6.07, 6.45) is 2.26. The molecule has 0 saturated carbocycles. The average molecular weight is 151 g/mol. The van der Waals surface area contributed by atoms with Gasteiger partial charge < -0.3 is 4.84 Å². The fourth-order valence-electron chi connectivity index (χ4n) is 1.04. The first kappa shape index (κ1) is 6.34. The molecule has 0 aromatic heterocycles. The molecule has 0 fully saturated rings. The monoisotopic (exact) mass is 151 g/mol. The Kier molecular flexibility index (Phi) is 1.35. The maximum absolute atomic E-state index is 12.9. The average Bonchev–Trinajstić information content (AvgIpc) is 2.06. The van der Waals surface area contributed by atoms with Crippen molar-refractivity contribution in [3.8, 4) is 5.75 Å². The molecule has 0 saturated heterocycles. The molecular formula is C8H6FNO. The van der Waals surface area contributed by atoms with Gasteiger partial charge in [-0.05, 0) is 6.07 Å². The number of halogens is 1. The van der Waals surface area contributed by atoms with E-state index >= 15 is 0 Å². The molecule has 0 spiro atoms. The fraction of sp³-hybridized carbons (Fsp3) is 0.125. The van der Waals surface area contributed by atoms with Crippen molar-refractivity contribution in [2.75, 3.05) is 0 Å². The number of fused-ring (bicyclic) bond motifs is 1. The standard InChI is InChI=1S/C8H6FNO/c9-7-3-1-2-6-4-5-10-11-8(6)7/h1-3,5H,4H2. The summed E-state index contributed by atoms with van der Waals surface area (Å²) in [6, 6.07) is 4.85. The van der Waals surface area contributed by atoms with Gasteiger partial charge in [-0.3, -0.25) is 0 Å². The Labute approximate surface area is 63.3 Å². The van der Waals surface area contributed by atoms with E-state index in [1.54, 1.807) is 12.3 Å². The lowest BCUT2D eigenvalue weighted by molar-refractivity contribution is 0.314. The number of benzene rings is 1. The molecule has 1 aliphatic rings. The molecule has 0 unspecified atom stereocenters. The Hall–Kier alpha value is -1.38. The highest BCUT2D eigenvalue weighted by Gasteiger charge is 2.11. The maximum atomic E-state index is 12.9. The molecule has 0 radical (unpaired) electrons. The van der Waals surface area contributed by atoms with E-state index in [1.807, 2.05) is 6.07 Å². The van der Waals surface area contributed by atoms with Crippen molar-refractivity contribution in [1.29, 1.82) is 0 Å². The molecule has 2 nitrogen and oxygen atoms in total. The van der Waals surface area contributed by atoms with Gasteiger partial charge in [-0.15, -0.1) is 0 Å². The molecule has 0 bridgehead atoms. The van der Waals surface area contributed by atoms with Gasteiger partial charge in [0.1, 0.15) is 0 Å². The van der Waals surface area contributed by atoms with Crippen LogP contribution >= 0.6 is 0 Å². The van der Waals surface area contributed by atoms with Crippen LogP contribution in [0.15, 0.2) is 23.4 Å². The first-order chi connectivity index (χ1) is 5.38. The van der Waals surface area contributed by atoms with Crippen molar-refractivity contribution in [3.05, 3.63) is 29.6 Å². The van der Waals surface area contributed by atoms with Gasteiger partial charge in [0.25, 0.3) is 0 Å². The highest BCUT2D eigenvalue weighted by Crippen LogP contribution is 2.24. The van der Waals surface area contributed by atoms with Crippen molar-refractivity contribution in [3.63, 3.8) is 0 Å². The first-order valence-electron chi connectivity index (χ1n) is 3.34. The van der Waals surface area contributed by atoms with E-state index in [9.17, 15) is 4.39 Å². The molecule has 2 rings (SSSR count). The van der Waals surface area contributed by atoms with Crippen LogP contribution < -0.4 is 4.84 Å². The summed E-state index contributed by atoms with van der Waals surface area (Å²) in [6.45, 7) is 0. The van der Waals surface area contributed by atoms with Gasteiger partial charge in [-0.25, -0.2) is 4.39 Å². The second kappa shape index (κ2) is 2.34. The van der Waals surface area contributed by atoms with Gasteiger partial charge in [0, 0.05) is 18.2 Å². The minimum absolute atomic E-state index is 0.259. The fourth-order valence-corrected chi connectivity index (χ4v) is 1.04. The minimum atomic E-state index is -0.348. The zero-order valence-corrected chi connectivity index (χ0v) is 5.75. The van der Waals surface area contributed by atoms with Crippen LogP contribution in [0.1, 0.15) is 5.56 Å². The molecule has 3 heteroatoms. The van der Waals surface area contributed by atoms with Crippen LogP contribution in [0.4, 0.5) is 4.39 Å². The Morgan fingerprint density at radius 3 is 3.18 bits per heavy atom. The number of hydrogen-bond acceptors (Lipinski definition) is 2. The van der Waals surface area contributed by atoms with E-state index in [1.165, 1.54) is 6.07 Å². The third-order valence-electron chi connectivity index (χ3n) is 1.58. The lowest BCUT2D eigenvalue weighted by Gasteiger charge is -2.09. The Morgan fingerprint density at radius 2 is 2.36 bits per heavy atom. The predicted molar refractivity (Wildman–Crippen MR) is 39.2 cm³/mol. The number of hydrogen-bond donors (Lipinski definition) is 0. The van der Waals surface area contributed by atoms with Crippen LogP contribution in [-0.2, 0) is 6.42 Å². The van der Waals surface area contributed by atoms with Crippen LogP contribution in [0.25, 0.3) is 0 Å². The normalized spacial score (nSPS) is 13.9. The minimum Gasteiger partial charge on any atom is -0.354 e. The zero-order chi connectivity index (χ0) is 7.68. The van der Waals surface area contributed by atoms with E-state index < -0.39 is 0 Å². The molecular weight excluding hydrogens is 145 g/mol. The van der Waals surface area contributed by atoms with E-state index in [2.05, 4.69) is 5.16 Å². The van der Waals surface area contributed by atoms with Crippen molar-refractivity contribution in [1.82, 2.24) is 0 Å². The summed E-state index contributed by atoms with van der Waals surface area (Å²) >= 11 is 0. The van der Waals surface area contributed by atoms with E-state index in [0.29, 0.717) is 6.42 Å². The summed E-state index contributed by atoms with van der Waals surface area (Å²) in [7, 11) is 0. The second-order valence-electron chi connectivity index (χ2n) is 2.31. The van der Waals surface area contributed by atoms with E-state index in [0.717, 1.165) is 5.56 Å². The zero-order valence-electron chi connectivity index (χ0n) is 5.75. The highest BCUT2D eigenvalue weighted by atomic mass is 19.1. The third-order valence-corrected chi connectivity index (χ3v) is 1.58. The molecule has 0 amide bonds. The van der Waals surface area contributed by atoms with E-state index in [4.69, 9.17) is 4.84 Å². The van der Waals surface area contributed by atoms with Gasteiger partial charge >= 0.3 is 0 Å². The summed E-state index contributed by atoms with van der Waals surface area (Å²) in [5.41, 5.74) is 0.847. The largest absolute Gasteiger partial charge is 0.354 e. The highest BCUT2D eigenvalue weighted by molar-refractivity contribution is 5.64. The molecule has 0 aliphatic carbocycles. The van der Waals surface area contributed by atoms with Gasteiger partial charge in [0.05, 0.1) is 0 Å². The first-order valence-corrected chi connectivity index (χ1v) is 3.34. The van der Waals surface area contributed by atoms with Gasteiger partial charge in [-0.2, -0.15) is 0 Å². The Bertz CT molecular complexity index is 309. The van der Waals surface area contributed by atoms with Crippen molar-refractivity contribution < 1.29 is 9.23 Å². The quantitative estimate of drug-likeness (QED) is 0.553. The van der Waals surface area contributed by atoms with Crippen molar-refractivity contribution >= 4 is 6.21 Å². The van der Waals surface area contributed by atoms with Gasteiger partial charge in [0.15, 0.2) is 11.6 Å². The summed E-state index contributed by atoms with van der Waals surface area (Å²) in [5.74, 6) is -0.0886. The summed E-state index contributed by atoms with van der Waals surface area (Å²) in [5, 5.41) is 3.51. The number of nitrogens with zero attached hydrogens (tertiary/aromatic N) is 1. The lowest BCUT2D eigenvalue weighted by atomic mass is 10.1. The van der Waals surface area contributed by atoms with E-state index in [-0.39, 0.29) is 11.6 Å². The van der Waals surface area contributed by atoms with Gasteiger partial charge in [0.2, 0.25) is 0 Å². The van der Waals surface area contributed by atoms with Crippen LogP contribution in [0.2, 0.25) is 0 Å². The molecule has 56 valence electrons. The molecule has 1 aromatic carbocycles. The number of rotatable bonds is 0. The summed E-state index contributed by atoms with van der Waals surface area (Å²) in [4.78, 5) is 4.75. The number of oxime groups is 1. The van der Waals surface area contributed by atoms with Crippen molar-refractivity contribution in [2.45, 2.75) is 6.42 Å². The SMILES string of the molecule is Fc1cccc2c1ON=CC2. The van der Waals surface area contributed by atoms with Crippen molar-refractivity contribution in [2.24, 2.45) is 5.16 Å². The third kappa shape index (κ3) is 0.981. The molecule has 0 N–H and O–H groups in total. The molecule has 1 aliphatic heterocycles. The van der Waals surface area contributed by atoms with Crippen LogP contribution in [0.5, 0.6) is 5.75 Å². The summed E-state index contributed by atoms with van der Waals surface area (Å²) < 4.78 is 12.9. The van der Waals surface area contributed by atoms with Gasteiger partial charge in [-0.1, -0.05) is 17.3 Å². The van der Waals surface area contributed by atoms with Crippen LogP contribution in [0.3, 0.4) is 0 Å².